The topological polar surface area (TPSA) is 130 Å². The van der Waals surface area contributed by atoms with E-state index in [-0.39, 0.29) is 5.56 Å². The van der Waals surface area contributed by atoms with Crippen molar-refractivity contribution >= 4 is 24.0 Å². The lowest BCUT2D eigenvalue weighted by atomic mass is 10.2. The Labute approximate surface area is 113 Å². The number of hydrogen-bond donors (Lipinski definition) is 3. The Balaban J connectivity index is 2.60. The third-order valence-electron chi connectivity index (χ3n) is 2.16. The predicted octanol–water partition coefficient (Wildman–Crippen LogP) is 0.481. The Bertz CT molecular complexity index is 526. The fraction of sp³-hybridized carbons (Fsp3) is 0.167. The molecule has 0 radical (unpaired) electrons. The first-order valence-corrected chi connectivity index (χ1v) is 5.42. The Morgan fingerprint density at radius 1 is 1.10 bits per heavy atom. The Morgan fingerprint density at radius 2 is 1.70 bits per heavy atom. The number of esters is 1. The zero-order chi connectivity index (χ0) is 15.1. The van der Waals surface area contributed by atoms with Gasteiger partial charge in [0.2, 0.25) is 0 Å². The molecule has 1 aromatic rings. The molecular weight excluding hydrogens is 270 g/mol. The van der Waals surface area contributed by atoms with Crippen molar-refractivity contribution in [1.82, 2.24) is 5.32 Å². The number of rotatable bonds is 5. The summed E-state index contributed by atoms with van der Waals surface area (Å²) in [7, 11) is 0. The van der Waals surface area contributed by atoms with E-state index in [1.807, 2.05) is 0 Å². The summed E-state index contributed by atoms with van der Waals surface area (Å²) in [6.07, 6.45) is -2.16. The molecule has 0 aliphatic heterocycles. The molecule has 8 heteroatoms. The zero-order valence-corrected chi connectivity index (χ0v) is 10.1. The van der Waals surface area contributed by atoms with Gasteiger partial charge in [0, 0.05) is 0 Å². The maximum Gasteiger partial charge on any atom is 0.415 e. The summed E-state index contributed by atoms with van der Waals surface area (Å²) in [5.74, 6) is -3.92. The molecule has 0 bridgehead atoms. The van der Waals surface area contributed by atoms with Crippen LogP contribution in [0.25, 0.3) is 0 Å². The van der Waals surface area contributed by atoms with Crippen molar-refractivity contribution in [1.29, 1.82) is 0 Å². The maximum absolute atomic E-state index is 11.5. The molecule has 1 atom stereocenters. The highest BCUT2D eigenvalue weighted by Gasteiger charge is 2.25. The third kappa shape index (κ3) is 4.77. The molecule has 1 amide bonds. The molecular formula is C12H11NO7. The number of carbonyl (C=O) groups excluding carboxylic acids is 2. The summed E-state index contributed by atoms with van der Waals surface area (Å²) in [4.78, 5) is 43.9. The van der Waals surface area contributed by atoms with Crippen LogP contribution in [0.1, 0.15) is 16.8 Å². The van der Waals surface area contributed by atoms with Crippen LogP contribution in [0.2, 0.25) is 0 Å². The Hall–Kier alpha value is -2.90. The van der Waals surface area contributed by atoms with E-state index in [9.17, 15) is 19.2 Å². The van der Waals surface area contributed by atoms with Crippen LogP contribution in [-0.2, 0) is 14.3 Å². The summed E-state index contributed by atoms with van der Waals surface area (Å²) in [6, 6.07) is 5.90. The van der Waals surface area contributed by atoms with Crippen molar-refractivity contribution in [3.8, 4) is 0 Å². The first-order valence-electron chi connectivity index (χ1n) is 5.42. The van der Waals surface area contributed by atoms with Crippen LogP contribution in [0, 0.1) is 0 Å². The van der Waals surface area contributed by atoms with E-state index in [0.29, 0.717) is 0 Å². The van der Waals surface area contributed by atoms with Gasteiger partial charge in [0.25, 0.3) is 0 Å². The van der Waals surface area contributed by atoms with E-state index < -0.39 is 36.5 Å². The minimum absolute atomic E-state index is 0.104. The van der Waals surface area contributed by atoms with Gasteiger partial charge in [-0.1, -0.05) is 18.2 Å². The number of aliphatic carboxylic acids is 2. The van der Waals surface area contributed by atoms with Gasteiger partial charge in [-0.3, -0.25) is 4.79 Å². The fourth-order valence-electron chi connectivity index (χ4n) is 1.26. The highest BCUT2D eigenvalue weighted by atomic mass is 16.6. The molecule has 0 heterocycles. The largest absolute Gasteiger partial charge is 0.481 e. The van der Waals surface area contributed by atoms with E-state index in [1.54, 1.807) is 23.5 Å². The molecule has 106 valence electrons. The molecule has 1 aromatic carbocycles. The second kappa shape index (κ2) is 6.88. The molecule has 0 aliphatic rings. The maximum atomic E-state index is 11.5. The van der Waals surface area contributed by atoms with Gasteiger partial charge in [-0.15, -0.1) is 0 Å². The number of benzene rings is 1. The van der Waals surface area contributed by atoms with Crippen molar-refractivity contribution < 1.29 is 34.1 Å². The number of alkyl carbamates (subject to hydrolysis) is 1. The van der Waals surface area contributed by atoms with Gasteiger partial charge in [0.1, 0.15) is 6.04 Å². The van der Waals surface area contributed by atoms with Gasteiger partial charge in [0.15, 0.2) is 0 Å². The molecule has 1 rings (SSSR count). The zero-order valence-electron chi connectivity index (χ0n) is 10.1. The fourth-order valence-corrected chi connectivity index (χ4v) is 1.26. The van der Waals surface area contributed by atoms with Gasteiger partial charge in [-0.05, 0) is 12.1 Å². The second-order valence-corrected chi connectivity index (χ2v) is 3.68. The molecule has 0 fully saturated rings. The van der Waals surface area contributed by atoms with E-state index in [2.05, 4.69) is 4.74 Å². The molecule has 20 heavy (non-hydrogen) atoms. The average molecular weight is 281 g/mol. The van der Waals surface area contributed by atoms with Crippen LogP contribution < -0.4 is 5.32 Å². The monoisotopic (exact) mass is 281 g/mol. The smallest absolute Gasteiger partial charge is 0.415 e. The minimum Gasteiger partial charge on any atom is -0.481 e. The lowest BCUT2D eigenvalue weighted by Gasteiger charge is -2.11. The summed E-state index contributed by atoms with van der Waals surface area (Å²) < 4.78 is 4.35. The molecule has 3 N–H and O–H groups in total. The minimum atomic E-state index is -1.68. The molecule has 0 unspecified atom stereocenters. The summed E-state index contributed by atoms with van der Waals surface area (Å²) in [5, 5.41) is 19.0. The standard InChI is InChI=1S/C12H11NO7/c14-9(15)6-8(10(16)17)13-12(19)20-11(18)7-4-2-1-3-5-7/h1-5,8H,6H2,(H,13,19)(H,14,15)(H,16,17)/t8-/m0/s1. The third-order valence-corrected chi connectivity index (χ3v) is 2.16. The van der Waals surface area contributed by atoms with Crippen LogP contribution in [0.4, 0.5) is 4.79 Å². The molecule has 0 aromatic heterocycles. The van der Waals surface area contributed by atoms with E-state index in [1.165, 1.54) is 12.1 Å². The van der Waals surface area contributed by atoms with Crippen molar-refractivity contribution in [2.45, 2.75) is 12.5 Å². The van der Waals surface area contributed by atoms with Crippen LogP contribution in [0.3, 0.4) is 0 Å². The van der Waals surface area contributed by atoms with Crippen molar-refractivity contribution in [2.75, 3.05) is 0 Å². The van der Waals surface area contributed by atoms with Crippen molar-refractivity contribution in [3.63, 3.8) is 0 Å². The summed E-state index contributed by atoms with van der Waals surface area (Å²) in [5.41, 5.74) is 0.104. The van der Waals surface area contributed by atoms with Crippen molar-refractivity contribution in [2.24, 2.45) is 0 Å². The molecule has 0 saturated carbocycles. The summed E-state index contributed by atoms with van der Waals surface area (Å²) >= 11 is 0. The average Bonchev–Trinajstić information content (AvgIpc) is 2.38. The van der Waals surface area contributed by atoms with Crippen LogP contribution in [-0.4, -0.2) is 40.3 Å². The van der Waals surface area contributed by atoms with E-state index in [0.717, 1.165) is 0 Å². The predicted molar refractivity (Wildman–Crippen MR) is 64.1 cm³/mol. The van der Waals surface area contributed by atoms with Gasteiger partial charge in [-0.2, -0.15) is 0 Å². The number of amides is 1. The number of ether oxygens (including phenoxy) is 1. The SMILES string of the molecule is O=C(O)C[C@H](NC(=O)OC(=O)c1ccccc1)C(=O)O. The second-order valence-electron chi connectivity index (χ2n) is 3.68. The van der Waals surface area contributed by atoms with Gasteiger partial charge in [-0.25, -0.2) is 14.4 Å². The Kier molecular flexibility index (Phi) is 5.21. The van der Waals surface area contributed by atoms with Crippen LogP contribution in [0.5, 0.6) is 0 Å². The molecule has 0 saturated heterocycles. The van der Waals surface area contributed by atoms with Crippen LogP contribution in [0.15, 0.2) is 30.3 Å². The van der Waals surface area contributed by atoms with Crippen molar-refractivity contribution in [3.05, 3.63) is 35.9 Å². The molecule has 0 spiro atoms. The first-order chi connectivity index (χ1) is 9.40. The molecule has 0 aliphatic carbocycles. The normalized spacial score (nSPS) is 11.2. The number of nitrogens with one attached hydrogen (secondary N) is 1. The number of carboxylic acids is 2. The Morgan fingerprint density at radius 3 is 2.20 bits per heavy atom. The van der Waals surface area contributed by atoms with E-state index in [4.69, 9.17) is 10.2 Å². The number of carboxylic acid groups (broad SMARTS) is 2. The lowest BCUT2D eigenvalue weighted by Crippen LogP contribution is -2.43. The van der Waals surface area contributed by atoms with Gasteiger partial charge < -0.3 is 20.3 Å². The molecule has 8 nitrogen and oxygen atoms in total. The lowest BCUT2D eigenvalue weighted by molar-refractivity contribution is -0.145. The number of hydrogen-bond acceptors (Lipinski definition) is 5. The summed E-state index contributed by atoms with van der Waals surface area (Å²) in [6.45, 7) is 0. The van der Waals surface area contributed by atoms with Crippen LogP contribution >= 0.6 is 0 Å². The number of carbonyl (C=O) groups is 4. The highest BCUT2D eigenvalue weighted by molar-refractivity contribution is 5.97. The van der Waals surface area contributed by atoms with Gasteiger partial charge >= 0.3 is 24.0 Å². The van der Waals surface area contributed by atoms with Gasteiger partial charge in [0.05, 0.1) is 12.0 Å². The highest BCUT2D eigenvalue weighted by Crippen LogP contribution is 2.02. The van der Waals surface area contributed by atoms with E-state index >= 15 is 0 Å². The quantitative estimate of drug-likeness (QED) is 0.528. The first kappa shape index (κ1) is 15.2.